The van der Waals surface area contributed by atoms with Gasteiger partial charge in [-0.1, -0.05) is 0 Å². The normalized spacial score (nSPS) is 23.5. The summed E-state index contributed by atoms with van der Waals surface area (Å²) in [5.74, 6) is -0.262. The molecule has 1 fully saturated rings. The highest BCUT2D eigenvalue weighted by Gasteiger charge is 2.17. The van der Waals surface area contributed by atoms with Crippen LogP contribution in [-0.2, 0) is 14.3 Å². The highest BCUT2D eigenvalue weighted by molar-refractivity contribution is 14.0. The largest absolute Gasteiger partial charge is 0.436 e. The van der Waals surface area contributed by atoms with Gasteiger partial charge in [0.1, 0.15) is 0 Å². The van der Waals surface area contributed by atoms with Crippen molar-refractivity contribution in [2.45, 2.75) is 26.1 Å². The fourth-order valence-electron chi connectivity index (χ4n) is 0.826. The molecule has 0 aromatic heterocycles. The van der Waals surface area contributed by atoms with E-state index >= 15 is 0 Å². The summed E-state index contributed by atoms with van der Waals surface area (Å²) in [7, 11) is 0. The van der Waals surface area contributed by atoms with Crippen LogP contribution in [0.5, 0.6) is 0 Å². The van der Waals surface area contributed by atoms with Crippen LogP contribution in [0.25, 0.3) is 0 Å². The van der Waals surface area contributed by atoms with Crippen LogP contribution in [0.4, 0.5) is 0 Å². The maximum atomic E-state index is 10.3. The molecule has 10 heavy (non-hydrogen) atoms. The van der Waals surface area contributed by atoms with Gasteiger partial charge in [0.15, 0.2) is 0 Å². The molecule has 1 unspecified atom stereocenters. The maximum absolute atomic E-state index is 10.3. The molecule has 1 rings (SSSR count). The van der Waals surface area contributed by atoms with Gasteiger partial charge in [0.25, 0.3) is 0 Å². The Morgan fingerprint density at radius 3 is 2.80 bits per heavy atom. The number of carbonyl (C=O) groups excluding carboxylic acids is 1. The van der Waals surface area contributed by atoms with Gasteiger partial charge in [0, 0.05) is 13.3 Å². The van der Waals surface area contributed by atoms with Crippen LogP contribution in [0.15, 0.2) is 0 Å². The summed E-state index contributed by atoms with van der Waals surface area (Å²) in [5, 5.41) is 0. The number of halogens is 1. The summed E-state index contributed by atoms with van der Waals surface area (Å²) < 4.78 is 9.77. The molecule has 1 atom stereocenters. The Morgan fingerprint density at radius 1 is 1.70 bits per heavy atom. The van der Waals surface area contributed by atoms with E-state index in [-0.39, 0.29) is 36.2 Å². The number of ether oxygens (including phenoxy) is 2. The Morgan fingerprint density at radius 2 is 2.40 bits per heavy atom. The van der Waals surface area contributed by atoms with Crippen molar-refractivity contribution in [3.05, 3.63) is 0 Å². The van der Waals surface area contributed by atoms with Crippen molar-refractivity contribution in [1.29, 1.82) is 0 Å². The molecular formula is C6H11IO3. The summed E-state index contributed by atoms with van der Waals surface area (Å²) in [4.78, 5) is 10.3. The highest BCUT2D eigenvalue weighted by atomic mass is 127. The van der Waals surface area contributed by atoms with E-state index in [2.05, 4.69) is 0 Å². The Kier molecular flexibility index (Phi) is 4.98. The first-order valence-corrected chi connectivity index (χ1v) is 3.08. The molecule has 0 aromatic carbocycles. The topological polar surface area (TPSA) is 35.5 Å². The van der Waals surface area contributed by atoms with Gasteiger partial charge in [-0.3, -0.25) is 4.79 Å². The smallest absolute Gasteiger partial charge is 0.304 e. The zero-order chi connectivity index (χ0) is 6.69. The van der Waals surface area contributed by atoms with Gasteiger partial charge in [-0.25, -0.2) is 0 Å². The van der Waals surface area contributed by atoms with Crippen molar-refractivity contribution < 1.29 is 14.3 Å². The quantitative estimate of drug-likeness (QED) is 0.525. The summed E-state index contributed by atoms with van der Waals surface area (Å²) in [6, 6.07) is 0. The zero-order valence-electron chi connectivity index (χ0n) is 5.83. The number of hydrogen-bond acceptors (Lipinski definition) is 3. The Hall–Kier alpha value is 0.160. The van der Waals surface area contributed by atoms with Gasteiger partial charge < -0.3 is 9.47 Å². The van der Waals surface area contributed by atoms with Crippen molar-refractivity contribution in [2.24, 2.45) is 0 Å². The van der Waals surface area contributed by atoms with Gasteiger partial charge in [0.05, 0.1) is 6.61 Å². The second kappa shape index (κ2) is 4.90. The minimum atomic E-state index is -0.262. The highest BCUT2D eigenvalue weighted by Crippen LogP contribution is 2.12. The van der Waals surface area contributed by atoms with E-state index < -0.39 is 0 Å². The summed E-state index contributed by atoms with van der Waals surface area (Å²) in [6.07, 6.45) is 1.58. The molecule has 0 saturated carbocycles. The lowest BCUT2D eigenvalue weighted by atomic mass is 10.4. The molecule has 0 bridgehead atoms. The van der Waals surface area contributed by atoms with Gasteiger partial charge in [-0.15, -0.1) is 24.0 Å². The van der Waals surface area contributed by atoms with E-state index in [0.717, 1.165) is 19.4 Å². The van der Waals surface area contributed by atoms with Crippen molar-refractivity contribution in [3.63, 3.8) is 0 Å². The lowest BCUT2D eigenvalue weighted by molar-refractivity contribution is -0.166. The monoisotopic (exact) mass is 258 g/mol. The summed E-state index contributed by atoms with van der Waals surface area (Å²) in [5.41, 5.74) is 0. The minimum absolute atomic E-state index is 0. The standard InChI is InChI=1S/C6H10O3.HI/c1-5(7)9-6-3-2-4-8-6;/h6H,2-4H2,1H3;1H. The third-order valence-corrected chi connectivity index (χ3v) is 1.19. The van der Waals surface area contributed by atoms with Crippen molar-refractivity contribution in [3.8, 4) is 0 Å². The van der Waals surface area contributed by atoms with Gasteiger partial charge >= 0.3 is 5.97 Å². The van der Waals surface area contributed by atoms with Gasteiger partial charge in [-0.2, -0.15) is 0 Å². The number of carbonyl (C=O) groups is 1. The molecule has 1 aliphatic rings. The van der Waals surface area contributed by atoms with Crippen molar-refractivity contribution in [2.75, 3.05) is 6.61 Å². The van der Waals surface area contributed by atoms with Crippen molar-refractivity contribution in [1.82, 2.24) is 0 Å². The second-order valence-corrected chi connectivity index (χ2v) is 2.05. The van der Waals surface area contributed by atoms with E-state index in [0.29, 0.717) is 0 Å². The molecule has 0 amide bonds. The summed E-state index contributed by atoms with van der Waals surface area (Å²) >= 11 is 0. The molecule has 1 heterocycles. The van der Waals surface area contributed by atoms with Gasteiger partial charge in [0.2, 0.25) is 6.29 Å². The molecule has 60 valence electrons. The average molecular weight is 258 g/mol. The number of esters is 1. The molecule has 0 spiro atoms. The number of hydrogen-bond donors (Lipinski definition) is 0. The van der Waals surface area contributed by atoms with E-state index in [1.54, 1.807) is 0 Å². The lowest BCUT2D eigenvalue weighted by Crippen LogP contribution is -2.13. The van der Waals surface area contributed by atoms with Gasteiger partial charge in [-0.05, 0) is 6.42 Å². The first-order valence-electron chi connectivity index (χ1n) is 3.08. The third-order valence-electron chi connectivity index (χ3n) is 1.19. The zero-order valence-corrected chi connectivity index (χ0v) is 8.16. The Bertz CT molecular complexity index is 110. The maximum Gasteiger partial charge on any atom is 0.304 e. The Labute approximate surface area is 77.1 Å². The first-order chi connectivity index (χ1) is 4.29. The minimum Gasteiger partial charge on any atom is -0.436 e. The van der Waals surface area contributed by atoms with Crippen LogP contribution < -0.4 is 0 Å². The number of rotatable bonds is 1. The predicted octanol–water partition coefficient (Wildman–Crippen LogP) is 1.30. The first kappa shape index (κ1) is 10.2. The average Bonchev–Trinajstić information content (AvgIpc) is 2.15. The van der Waals surface area contributed by atoms with E-state index in [1.165, 1.54) is 6.92 Å². The molecule has 3 nitrogen and oxygen atoms in total. The van der Waals surface area contributed by atoms with E-state index in [1.807, 2.05) is 0 Å². The fourth-order valence-corrected chi connectivity index (χ4v) is 0.826. The van der Waals surface area contributed by atoms with Crippen LogP contribution in [0.2, 0.25) is 0 Å². The van der Waals surface area contributed by atoms with E-state index in [4.69, 9.17) is 9.47 Å². The molecule has 0 radical (unpaired) electrons. The van der Waals surface area contributed by atoms with Crippen LogP contribution in [0.1, 0.15) is 19.8 Å². The van der Waals surface area contributed by atoms with Crippen molar-refractivity contribution >= 4 is 29.9 Å². The molecule has 0 aromatic rings. The van der Waals surface area contributed by atoms with E-state index in [9.17, 15) is 4.79 Å². The summed E-state index contributed by atoms with van der Waals surface area (Å²) in [6.45, 7) is 2.11. The third kappa shape index (κ3) is 3.36. The Balaban J connectivity index is 0.000000810. The molecular weight excluding hydrogens is 247 g/mol. The van der Waals surface area contributed by atoms with Crippen LogP contribution >= 0.6 is 24.0 Å². The molecule has 1 saturated heterocycles. The molecule has 1 aliphatic heterocycles. The molecule has 4 heteroatoms. The SMILES string of the molecule is CC(=O)OC1CCCO1.I. The van der Waals surface area contributed by atoms with Crippen LogP contribution in [0, 0.1) is 0 Å². The molecule has 0 N–H and O–H groups in total. The predicted molar refractivity (Wildman–Crippen MR) is 46.2 cm³/mol. The van der Waals surface area contributed by atoms with Crippen LogP contribution in [0.3, 0.4) is 0 Å². The van der Waals surface area contributed by atoms with Crippen LogP contribution in [-0.4, -0.2) is 18.9 Å². The molecule has 0 aliphatic carbocycles. The lowest BCUT2D eigenvalue weighted by Gasteiger charge is -2.07. The second-order valence-electron chi connectivity index (χ2n) is 2.05. The fraction of sp³-hybridized carbons (Fsp3) is 0.833.